The van der Waals surface area contributed by atoms with Gasteiger partial charge in [0, 0.05) is 43.5 Å². The molecule has 3 saturated heterocycles. The van der Waals surface area contributed by atoms with Gasteiger partial charge in [-0.05, 0) is 61.8 Å². The summed E-state index contributed by atoms with van der Waals surface area (Å²) >= 11 is 0. The fourth-order valence-corrected chi connectivity index (χ4v) is 6.40. The molecule has 4 aliphatic rings. The summed E-state index contributed by atoms with van der Waals surface area (Å²) < 4.78 is 0. The molecule has 35 heavy (non-hydrogen) atoms. The average Bonchev–Trinajstić information content (AvgIpc) is 3.14. The molecule has 1 saturated carbocycles. The van der Waals surface area contributed by atoms with Crippen LogP contribution in [0.5, 0.6) is 0 Å². The van der Waals surface area contributed by atoms with Crippen LogP contribution in [0.3, 0.4) is 0 Å². The number of amides is 1. The summed E-state index contributed by atoms with van der Waals surface area (Å²) in [4.78, 5) is 26.1. The minimum Gasteiger partial charge on any atom is -0.481 e. The molecule has 0 aromatic heterocycles. The van der Waals surface area contributed by atoms with E-state index in [2.05, 4.69) is 56.0 Å². The number of nitrogens with one attached hydrogen (secondary N) is 5. The van der Waals surface area contributed by atoms with Crippen LogP contribution in [-0.2, 0) is 9.59 Å². The summed E-state index contributed by atoms with van der Waals surface area (Å²) in [6, 6.07) is 8.53. The molecule has 3 aliphatic heterocycles. The zero-order valence-electron chi connectivity index (χ0n) is 20.5. The number of aliphatic carboxylic acids is 1. The van der Waals surface area contributed by atoms with Crippen LogP contribution in [0.25, 0.3) is 0 Å². The van der Waals surface area contributed by atoms with Crippen molar-refractivity contribution < 1.29 is 14.7 Å². The molecule has 1 aromatic carbocycles. The second-order valence-electron chi connectivity index (χ2n) is 10.8. The van der Waals surface area contributed by atoms with Gasteiger partial charge >= 0.3 is 5.97 Å². The van der Waals surface area contributed by atoms with Gasteiger partial charge in [0.2, 0.25) is 5.91 Å². The van der Waals surface area contributed by atoms with Gasteiger partial charge in [-0.3, -0.25) is 25.6 Å². The average molecular weight is 485 g/mol. The molecule has 0 radical (unpaired) electrons. The Morgan fingerprint density at radius 3 is 2.40 bits per heavy atom. The molecule has 4 atom stereocenters. The quantitative estimate of drug-likeness (QED) is 0.341. The van der Waals surface area contributed by atoms with E-state index in [0.717, 1.165) is 43.9 Å². The standard InChI is InChI=1S/C26H40N6O3/c33-22(34)15-17-11-13-32(14-12-17)20-9-7-19(8-10-20)28-25-23-21(16-27-31-26(23)35)29-24(30-25)18-5-3-1-2-4-6-18/h7-10,17-18,21,23-25,27-30H,1-6,11-16H2,(H,31,35)(H,33,34). The molecule has 192 valence electrons. The predicted molar refractivity (Wildman–Crippen MR) is 136 cm³/mol. The smallest absolute Gasteiger partial charge is 0.303 e. The fourth-order valence-electron chi connectivity index (χ4n) is 6.40. The van der Waals surface area contributed by atoms with Gasteiger partial charge in [0.05, 0.1) is 18.2 Å². The predicted octanol–water partition coefficient (Wildman–Crippen LogP) is 2.22. The Kier molecular flexibility index (Phi) is 7.75. The van der Waals surface area contributed by atoms with E-state index in [1.807, 2.05) is 0 Å². The van der Waals surface area contributed by atoms with Gasteiger partial charge in [-0.2, -0.15) is 0 Å². The number of carboxylic acids is 1. The number of hydrazine groups is 1. The topological polar surface area (TPSA) is 118 Å². The molecule has 3 heterocycles. The number of hydrogen-bond donors (Lipinski definition) is 6. The van der Waals surface area contributed by atoms with Crippen LogP contribution in [-0.4, -0.2) is 55.0 Å². The van der Waals surface area contributed by atoms with Gasteiger partial charge in [0.25, 0.3) is 0 Å². The van der Waals surface area contributed by atoms with Crippen molar-refractivity contribution in [2.45, 2.75) is 76.2 Å². The summed E-state index contributed by atoms with van der Waals surface area (Å²) in [7, 11) is 0. The third-order valence-corrected chi connectivity index (χ3v) is 8.39. The molecular weight excluding hydrogens is 444 g/mol. The van der Waals surface area contributed by atoms with E-state index in [9.17, 15) is 9.59 Å². The summed E-state index contributed by atoms with van der Waals surface area (Å²) in [5, 5.41) is 20.2. The van der Waals surface area contributed by atoms with Crippen molar-refractivity contribution in [3.63, 3.8) is 0 Å². The molecule has 6 N–H and O–H groups in total. The van der Waals surface area contributed by atoms with Crippen LogP contribution < -0.4 is 31.7 Å². The molecule has 1 aliphatic carbocycles. The zero-order valence-corrected chi connectivity index (χ0v) is 20.5. The van der Waals surface area contributed by atoms with Gasteiger partial charge in [0.15, 0.2) is 0 Å². The molecular formula is C26H40N6O3. The summed E-state index contributed by atoms with van der Waals surface area (Å²) in [6.07, 6.45) is 9.83. The van der Waals surface area contributed by atoms with Crippen molar-refractivity contribution in [1.82, 2.24) is 21.5 Å². The van der Waals surface area contributed by atoms with Crippen LogP contribution in [0.1, 0.15) is 57.8 Å². The molecule has 1 amide bonds. The Labute approximate surface area is 207 Å². The van der Waals surface area contributed by atoms with Crippen molar-refractivity contribution in [2.75, 3.05) is 29.9 Å². The Hall–Kier alpha value is -2.36. The number of piperidine rings is 1. The van der Waals surface area contributed by atoms with E-state index < -0.39 is 5.97 Å². The molecule has 9 nitrogen and oxygen atoms in total. The maximum atomic E-state index is 12.8. The lowest BCUT2D eigenvalue weighted by molar-refractivity contribution is -0.138. The first-order valence-electron chi connectivity index (χ1n) is 13.4. The van der Waals surface area contributed by atoms with Crippen molar-refractivity contribution in [3.8, 4) is 0 Å². The summed E-state index contributed by atoms with van der Waals surface area (Å²) in [5.74, 6) is -0.0261. The van der Waals surface area contributed by atoms with E-state index in [4.69, 9.17) is 5.11 Å². The minimum absolute atomic E-state index is 0.0129. The fraction of sp³-hybridized carbons (Fsp3) is 0.692. The van der Waals surface area contributed by atoms with Crippen molar-refractivity contribution >= 4 is 23.3 Å². The van der Waals surface area contributed by atoms with E-state index in [0.29, 0.717) is 5.92 Å². The van der Waals surface area contributed by atoms with E-state index >= 15 is 0 Å². The van der Waals surface area contributed by atoms with Crippen LogP contribution >= 0.6 is 0 Å². The Morgan fingerprint density at radius 2 is 1.71 bits per heavy atom. The van der Waals surface area contributed by atoms with E-state index in [1.54, 1.807) is 0 Å². The highest BCUT2D eigenvalue weighted by atomic mass is 16.4. The number of carboxylic acid groups (broad SMARTS) is 1. The molecule has 0 bridgehead atoms. The molecule has 4 unspecified atom stereocenters. The third-order valence-electron chi connectivity index (χ3n) is 8.39. The highest BCUT2D eigenvalue weighted by Gasteiger charge is 2.45. The molecule has 4 fully saturated rings. The lowest BCUT2D eigenvalue weighted by atomic mass is 9.86. The minimum atomic E-state index is -0.698. The first-order chi connectivity index (χ1) is 17.1. The second kappa shape index (κ2) is 11.1. The Morgan fingerprint density at radius 1 is 1.00 bits per heavy atom. The normalized spacial score (nSPS) is 30.7. The maximum Gasteiger partial charge on any atom is 0.303 e. The lowest BCUT2D eigenvalue weighted by Gasteiger charge is -2.47. The van der Waals surface area contributed by atoms with E-state index in [1.165, 1.54) is 38.5 Å². The monoisotopic (exact) mass is 484 g/mol. The van der Waals surface area contributed by atoms with Gasteiger partial charge in [-0.1, -0.05) is 25.7 Å². The highest BCUT2D eigenvalue weighted by molar-refractivity contribution is 5.81. The Bertz CT molecular complexity index is 864. The second-order valence-corrected chi connectivity index (χ2v) is 10.8. The SMILES string of the molecule is O=C(O)CC1CCN(c2ccc(NC3NC(C4CCCCCC4)NC4CNNC(=O)C43)cc2)CC1. The molecule has 9 heteroatoms. The van der Waals surface area contributed by atoms with Gasteiger partial charge in [-0.15, -0.1) is 0 Å². The Balaban J connectivity index is 1.24. The van der Waals surface area contributed by atoms with Crippen molar-refractivity contribution in [1.29, 1.82) is 0 Å². The highest BCUT2D eigenvalue weighted by Crippen LogP contribution is 2.30. The van der Waals surface area contributed by atoms with Gasteiger partial charge in [-0.25, -0.2) is 5.43 Å². The lowest BCUT2D eigenvalue weighted by Crippen LogP contribution is -2.75. The first kappa shape index (κ1) is 24.3. The number of benzene rings is 1. The van der Waals surface area contributed by atoms with Crippen LogP contribution in [0.15, 0.2) is 24.3 Å². The van der Waals surface area contributed by atoms with E-state index in [-0.39, 0.29) is 42.5 Å². The summed E-state index contributed by atoms with van der Waals surface area (Å²) in [5.41, 5.74) is 8.03. The largest absolute Gasteiger partial charge is 0.481 e. The number of fused-ring (bicyclic) bond motifs is 1. The molecule has 0 spiro atoms. The summed E-state index contributed by atoms with van der Waals surface area (Å²) in [6.45, 7) is 2.50. The number of carbonyl (C=O) groups is 2. The van der Waals surface area contributed by atoms with Gasteiger partial charge in [0.1, 0.15) is 0 Å². The van der Waals surface area contributed by atoms with Crippen molar-refractivity contribution in [2.24, 2.45) is 17.8 Å². The van der Waals surface area contributed by atoms with Crippen LogP contribution in [0, 0.1) is 17.8 Å². The zero-order chi connectivity index (χ0) is 24.2. The number of carbonyl (C=O) groups excluding carboxylic acids is 1. The van der Waals surface area contributed by atoms with Gasteiger partial charge < -0.3 is 15.3 Å². The third kappa shape index (κ3) is 5.90. The molecule has 5 rings (SSSR count). The van der Waals surface area contributed by atoms with Crippen LogP contribution in [0.2, 0.25) is 0 Å². The first-order valence-corrected chi connectivity index (χ1v) is 13.4. The number of nitrogens with zero attached hydrogens (tertiary/aromatic N) is 1. The van der Waals surface area contributed by atoms with Crippen LogP contribution in [0.4, 0.5) is 11.4 Å². The maximum absolute atomic E-state index is 12.8. The number of anilines is 2. The number of hydrogen-bond acceptors (Lipinski definition) is 7. The molecule has 1 aromatic rings. The number of rotatable bonds is 6. The van der Waals surface area contributed by atoms with Crippen molar-refractivity contribution in [3.05, 3.63) is 24.3 Å².